The van der Waals surface area contributed by atoms with E-state index in [9.17, 15) is 13.2 Å². The second kappa shape index (κ2) is 12.9. The molecule has 190 valence electrons. The standard InChI is InChI=1S/C25H24Br2N2O6S/c1-3-12-34-22-11-10-18(15-23(22)33-4-2)25(30)29-28-16-17-13-20(26)24(21(27)14-17)35-36(31,32)19-8-6-5-7-9-19/h5-11,13-16H,3-4,12H2,1-2H3,(H,29,30)/b28-16+. The molecule has 0 spiro atoms. The highest BCUT2D eigenvalue weighted by Gasteiger charge is 2.20. The number of nitrogens with zero attached hydrogens (tertiary/aromatic N) is 1. The molecule has 0 fully saturated rings. The molecule has 0 bridgehead atoms. The largest absolute Gasteiger partial charge is 0.490 e. The van der Waals surface area contributed by atoms with E-state index in [0.29, 0.717) is 44.8 Å². The SMILES string of the molecule is CCCOc1ccc(C(=O)N/N=C/c2cc(Br)c(OS(=O)(=O)c3ccccc3)c(Br)c2)cc1OCC. The highest BCUT2D eigenvalue weighted by atomic mass is 79.9. The molecule has 36 heavy (non-hydrogen) atoms. The lowest BCUT2D eigenvalue weighted by Crippen LogP contribution is -2.17. The normalized spacial score (nSPS) is 11.3. The second-order valence-corrected chi connectivity index (χ2v) is 10.6. The van der Waals surface area contributed by atoms with Gasteiger partial charge in [-0.1, -0.05) is 25.1 Å². The van der Waals surface area contributed by atoms with Crippen LogP contribution in [0.1, 0.15) is 36.2 Å². The topological polar surface area (TPSA) is 103 Å². The first-order valence-electron chi connectivity index (χ1n) is 11.0. The molecule has 0 aliphatic rings. The summed E-state index contributed by atoms with van der Waals surface area (Å²) in [6, 6.07) is 16.0. The van der Waals surface area contributed by atoms with E-state index in [2.05, 4.69) is 42.4 Å². The van der Waals surface area contributed by atoms with Crippen molar-refractivity contribution in [2.75, 3.05) is 13.2 Å². The van der Waals surface area contributed by atoms with Gasteiger partial charge in [0.05, 0.1) is 28.4 Å². The van der Waals surface area contributed by atoms with Crippen molar-refractivity contribution < 1.29 is 26.9 Å². The fourth-order valence-corrected chi connectivity index (χ4v) is 5.54. The molecule has 0 heterocycles. The van der Waals surface area contributed by atoms with Crippen molar-refractivity contribution in [1.29, 1.82) is 0 Å². The zero-order valence-electron chi connectivity index (χ0n) is 19.5. The third-order valence-electron chi connectivity index (χ3n) is 4.59. The van der Waals surface area contributed by atoms with Crippen LogP contribution in [-0.4, -0.2) is 33.8 Å². The van der Waals surface area contributed by atoms with Crippen LogP contribution in [0.3, 0.4) is 0 Å². The Morgan fingerprint density at radius 2 is 1.67 bits per heavy atom. The zero-order valence-corrected chi connectivity index (χ0v) is 23.5. The van der Waals surface area contributed by atoms with Gasteiger partial charge in [0.25, 0.3) is 5.91 Å². The van der Waals surface area contributed by atoms with E-state index in [1.165, 1.54) is 18.3 Å². The van der Waals surface area contributed by atoms with E-state index in [4.69, 9.17) is 13.7 Å². The van der Waals surface area contributed by atoms with Crippen molar-refractivity contribution >= 4 is 54.1 Å². The van der Waals surface area contributed by atoms with Crippen LogP contribution in [0.15, 0.2) is 79.6 Å². The van der Waals surface area contributed by atoms with Crippen LogP contribution in [-0.2, 0) is 10.1 Å². The molecule has 0 saturated carbocycles. The Balaban J connectivity index is 1.71. The lowest BCUT2D eigenvalue weighted by atomic mass is 10.2. The highest BCUT2D eigenvalue weighted by molar-refractivity contribution is 9.11. The van der Waals surface area contributed by atoms with Crippen LogP contribution in [0, 0.1) is 0 Å². The average molecular weight is 640 g/mol. The number of carbonyl (C=O) groups is 1. The van der Waals surface area contributed by atoms with Gasteiger partial charge < -0.3 is 13.7 Å². The Morgan fingerprint density at radius 1 is 0.972 bits per heavy atom. The summed E-state index contributed by atoms with van der Waals surface area (Å²) in [6.45, 7) is 4.83. The fraction of sp³-hybridized carbons (Fsp3) is 0.200. The van der Waals surface area contributed by atoms with Crippen molar-refractivity contribution in [3.8, 4) is 17.2 Å². The van der Waals surface area contributed by atoms with Crippen LogP contribution >= 0.6 is 31.9 Å². The Morgan fingerprint density at radius 3 is 2.31 bits per heavy atom. The summed E-state index contributed by atoms with van der Waals surface area (Å²) in [4.78, 5) is 12.6. The number of amides is 1. The van der Waals surface area contributed by atoms with Crippen molar-refractivity contribution in [2.24, 2.45) is 5.10 Å². The molecule has 3 aromatic carbocycles. The fourth-order valence-electron chi connectivity index (χ4n) is 2.96. The maximum atomic E-state index is 12.6. The Hall–Kier alpha value is -2.89. The van der Waals surface area contributed by atoms with Gasteiger partial charge in [0.15, 0.2) is 17.2 Å². The molecule has 1 N–H and O–H groups in total. The molecule has 1 amide bonds. The number of hydrogen-bond donors (Lipinski definition) is 1. The first-order chi connectivity index (χ1) is 17.2. The molecule has 0 unspecified atom stereocenters. The number of nitrogens with one attached hydrogen (secondary N) is 1. The molecule has 0 atom stereocenters. The Labute approximate surface area is 227 Å². The quantitative estimate of drug-likeness (QED) is 0.158. The van der Waals surface area contributed by atoms with E-state index in [-0.39, 0.29) is 10.6 Å². The van der Waals surface area contributed by atoms with Gasteiger partial charge in [-0.05, 0) is 93.2 Å². The van der Waals surface area contributed by atoms with Crippen LogP contribution in [0.5, 0.6) is 17.2 Å². The minimum Gasteiger partial charge on any atom is -0.490 e. The number of ether oxygens (including phenoxy) is 2. The lowest BCUT2D eigenvalue weighted by molar-refractivity contribution is 0.0954. The van der Waals surface area contributed by atoms with Crippen LogP contribution < -0.4 is 19.1 Å². The molecule has 0 aliphatic heterocycles. The number of benzene rings is 3. The first-order valence-corrected chi connectivity index (χ1v) is 14.0. The maximum Gasteiger partial charge on any atom is 0.339 e. The van der Waals surface area contributed by atoms with Crippen LogP contribution in [0.4, 0.5) is 0 Å². The average Bonchev–Trinajstić information content (AvgIpc) is 2.86. The third-order valence-corrected chi connectivity index (χ3v) is 7.01. The number of halogens is 2. The summed E-state index contributed by atoms with van der Waals surface area (Å²) >= 11 is 6.67. The van der Waals surface area contributed by atoms with Crippen molar-refractivity contribution in [3.05, 3.63) is 80.7 Å². The lowest BCUT2D eigenvalue weighted by Gasteiger charge is -2.12. The van der Waals surface area contributed by atoms with Crippen molar-refractivity contribution in [1.82, 2.24) is 5.43 Å². The number of hydrogen-bond acceptors (Lipinski definition) is 7. The summed E-state index contributed by atoms with van der Waals surface area (Å²) in [6.07, 6.45) is 2.27. The summed E-state index contributed by atoms with van der Waals surface area (Å²) in [5.74, 6) is 0.719. The minimum absolute atomic E-state index is 0.0367. The van der Waals surface area contributed by atoms with E-state index in [1.807, 2.05) is 13.8 Å². The molecular formula is C25H24Br2N2O6S. The molecular weight excluding hydrogens is 616 g/mol. The molecule has 0 aromatic heterocycles. The Kier molecular flexibility index (Phi) is 9.91. The van der Waals surface area contributed by atoms with E-state index < -0.39 is 16.0 Å². The van der Waals surface area contributed by atoms with Crippen molar-refractivity contribution in [3.63, 3.8) is 0 Å². The number of rotatable bonds is 11. The molecule has 8 nitrogen and oxygen atoms in total. The van der Waals surface area contributed by atoms with E-state index in [0.717, 1.165) is 6.42 Å². The van der Waals surface area contributed by atoms with Crippen LogP contribution in [0.25, 0.3) is 0 Å². The van der Waals surface area contributed by atoms with Gasteiger partial charge in [-0.25, -0.2) is 5.43 Å². The van der Waals surface area contributed by atoms with Gasteiger partial charge in [0, 0.05) is 5.56 Å². The first kappa shape index (κ1) is 27.7. The predicted octanol–water partition coefficient (Wildman–Crippen LogP) is 5.93. The highest BCUT2D eigenvalue weighted by Crippen LogP contribution is 2.36. The number of carbonyl (C=O) groups excluding carboxylic acids is 1. The summed E-state index contributed by atoms with van der Waals surface area (Å²) in [7, 11) is -4.02. The summed E-state index contributed by atoms with van der Waals surface area (Å²) < 4.78 is 42.4. The zero-order chi connectivity index (χ0) is 26.1. The molecule has 3 aromatic rings. The second-order valence-electron chi connectivity index (χ2n) is 7.31. The number of hydrazone groups is 1. The monoisotopic (exact) mass is 638 g/mol. The summed E-state index contributed by atoms with van der Waals surface area (Å²) in [5.41, 5.74) is 3.41. The molecule has 11 heteroatoms. The van der Waals surface area contributed by atoms with Crippen molar-refractivity contribution in [2.45, 2.75) is 25.2 Å². The molecule has 3 rings (SSSR count). The van der Waals surface area contributed by atoms with Gasteiger partial charge in [-0.15, -0.1) is 0 Å². The smallest absolute Gasteiger partial charge is 0.339 e. The van der Waals surface area contributed by atoms with E-state index in [1.54, 1.807) is 48.5 Å². The third kappa shape index (κ3) is 7.31. The molecule has 0 saturated heterocycles. The van der Waals surface area contributed by atoms with Gasteiger partial charge in [-0.2, -0.15) is 13.5 Å². The minimum atomic E-state index is -4.02. The van der Waals surface area contributed by atoms with Gasteiger partial charge in [0.2, 0.25) is 0 Å². The summed E-state index contributed by atoms with van der Waals surface area (Å²) in [5, 5.41) is 4.00. The Bertz CT molecular complexity index is 1320. The van der Waals surface area contributed by atoms with Crippen LogP contribution in [0.2, 0.25) is 0 Å². The molecule has 0 aliphatic carbocycles. The maximum absolute atomic E-state index is 12.6. The van der Waals surface area contributed by atoms with Gasteiger partial charge in [-0.3, -0.25) is 4.79 Å². The molecule has 0 radical (unpaired) electrons. The van der Waals surface area contributed by atoms with E-state index >= 15 is 0 Å². The van der Waals surface area contributed by atoms with Gasteiger partial charge in [0.1, 0.15) is 4.90 Å². The predicted molar refractivity (Wildman–Crippen MR) is 145 cm³/mol. The van der Waals surface area contributed by atoms with Gasteiger partial charge >= 0.3 is 10.1 Å².